The Labute approximate surface area is 176 Å². The van der Waals surface area contributed by atoms with E-state index in [9.17, 15) is 4.79 Å². The molecule has 3 rings (SSSR count). The van der Waals surface area contributed by atoms with Crippen molar-refractivity contribution in [3.8, 4) is 5.75 Å². The van der Waals surface area contributed by atoms with E-state index in [-0.39, 0.29) is 11.9 Å². The first-order valence-electron chi connectivity index (χ1n) is 9.68. The Balaban J connectivity index is 1.73. The summed E-state index contributed by atoms with van der Waals surface area (Å²) < 4.78 is 7.55. The lowest BCUT2D eigenvalue weighted by Crippen LogP contribution is -2.34. The summed E-state index contributed by atoms with van der Waals surface area (Å²) in [6, 6.07) is 14.2. The highest BCUT2D eigenvalue weighted by atomic mass is 32.1. The molecule has 1 atom stereocenters. The Morgan fingerprint density at radius 1 is 1.21 bits per heavy atom. The molecule has 2 heterocycles. The third-order valence-corrected chi connectivity index (χ3v) is 6.13. The topological polar surface area (TPSA) is 46.5 Å². The first-order valence-corrected chi connectivity index (χ1v) is 10.6. The second kappa shape index (κ2) is 9.29. The van der Waals surface area contributed by atoms with Gasteiger partial charge in [0.1, 0.15) is 5.75 Å². The predicted octanol–water partition coefficient (Wildman–Crippen LogP) is 4.26. The van der Waals surface area contributed by atoms with E-state index in [1.54, 1.807) is 18.4 Å². The van der Waals surface area contributed by atoms with Gasteiger partial charge in [-0.3, -0.25) is 4.79 Å². The number of rotatable bonds is 8. The van der Waals surface area contributed by atoms with Gasteiger partial charge in [0.15, 0.2) is 0 Å². The first kappa shape index (κ1) is 21.1. The number of carbonyl (C=O) groups excluding carboxylic acids is 1. The van der Waals surface area contributed by atoms with E-state index in [0.717, 1.165) is 34.8 Å². The van der Waals surface area contributed by atoms with Crippen LogP contribution in [-0.4, -0.2) is 43.1 Å². The van der Waals surface area contributed by atoms with Gasteiger partial charge in [0.05, 0.1) is 25.3 Å². The van der Waals surface area contributed by atoms with Crippen LogP contribution >= 0.6 is 11.3 Å². The molecule has 2 aromatic heterocycles. The summed E-state index contributed by atoms with van der Waals surface area (Å²) in [5.41, 5.74) is 3.94. The van der Waals surface area contributed by atoms with Crippen LogP contribution in [0, 0.1) is 13.8 Å². The second-order valence-electron chi connectivity index (χ2n) is 7.42. The van der Waals surface area contributed by atoms with Gasteiger partial charge in [0, 0.05) is 22.8 Å². The lowest BCUT2D eigenvalue weighted by atomic mass is 10.1. The second-order valence-corrected chi connectivity index (χ2v) is 8.45. The summed E-state index contributed by atoms with van der Waals surface area (Å²) in [4.78, 5) is 16.3. The summed E-state index contributed by atoms with van der Waals surface area (Å²) >= 11 is 1.73. The highest BCUT2D eigenvalue weighted by molar-refractivity contribution is 7.09. The van der Waals surface area contributed by atoms with Crippen LogP contribution in [0.4, 0.5) is 0 Å². The molecular formula is C23H29N3O2S. The molecule has 0 saturated heterocycles. The molecule has 1 N–H and O–H groups in total. The van der Waals surface area contributed by atoms with Crippen LogP contribution in [0.25, 0.3) is 0 Å². The van der Waals surface area contributed by atoms with Crippen molar-refractivity contribution < 1.29 is 9.53 Å². The number of hydrogen-bond acceptors (Lipinski definition) is 4. The van der Waals surface area contributed by atoms with Crippen molar-refractivity contribution in [2.75, 3.05) is 27.7 Å². The third kappa shape index (κ3) is 4.89. The van der Waals surface area contributed by atoms with Crippen LogP contribution in [-0.2, 0) is 6.54 Å². The standard InChI is InChI=1S/C23H29N3O2S/c1-16-12-21(17(2)26(16)15-20-10-7-11-29-20)23(27)24-14-22(25(3)4)18-8-6-9-19(13-18)28-5/h6-13,22H,14-15H2,1-5H3,(H,24,27). The van der Waals surface area contributed by atoms with Gasteiger partial charge in [-0.15, -0.1) is 11.3 Å². The Morgan fingerprint density at radius 3 is 2.66 bits per heavy atom. The van der Waals surface area contributed by atoms with Gasteiger partial charge in [-0.25, -0.2) is 0 Å². The predicted molar refractivity (Wildman–Crippen MR) is 119 cm³/mol. The van der Waals surface area contributed by atoms with Crippen LogP contribution in [0.2, 0.25) is 0 Å². The van der Waals surface area contributed by atoms with E-state index in [4.69, 9.17) is 4.74 Å². The lowest BCUT2D eigenvalue weighted by molar-refractivity contribution is 0.0941. The number of thiophene rings is 1. The fraction of sp³-hybridized carbons (Fsp3) is 0.348. The highest BCUT2D eigenvalue weighted by Crippen LogP contribution is 2.23. The minimum atomic E-state index is -0.0368. The number of methoxy groups -OCH3 is 1. The number of aryl methyl sites for hydroxylation is 1. The Bertz CT molecular complexity index is 961. The van der Waals surface area contributed by atoms with E-state index < -0.39 is 0 Å². The molecule has 1 aromatic carbocycles. The smallest absolute Gasteiger partial charge is 0.253 e. The average Bonchev–Trinajstić information content (AvgIpc) is 3.31. The molecule has 0 aliphatic rings. The van der Waals surface area contributed by atoms with Crippen molar-refractivity contribution in [1.82, 2.24) is 14.8 Å². The van der Waals surface area contributed by atoms with Crippen molar-refractivity contribution in [2.24, 2.45) is 0 Å². The molecule has 0 saturated carbocycles. The molecule has 5 nitrogen and oxygen atoms in total. The van der Waals surface area contributed by atoms with E-state index in [1.165, 1.54) is 4.88 Å². The SMILES string of the molecule is COc1cccc(C(CNC(=O)c2cc(C)n(Cc3cccs3)c2C)N(C)C)c1. The molecule has 0 aliphatic heterocycles. The zero-order chi connectivity index (χ0) is 21.0. The average molecular weight is 412 g/mol. The number of amides is 1. The van der Waals surface area contributed by atoms with Crippen molar-refractivity contribution in [1.29, 1.82) is 0 Å². The molecule has 1 unspecified atom stereocenters. The van der Waals surface area contributed by atoms with E-state index in [1.807, 2.05) is 45.3 Å². The van der Waals surface area contributed by atoms with Crippen molar-refractivity contribution in [3.05, 3.63) is 75.2 Å². The number of aromatic nitrogens is 1. The number of ether oxygens (including phenoxy) is 1. The summed E-state index contributed by atoms with van der Waals surface area (Å²) in [5.74, 6) is 0.781. The maximum absolute atomic E-state index is 12.9. The maximum atomic E-state index is 12.9. The first-order chi connectivity index (χ1) is 13.9. The van der Waals surface area contributed by atoms with Gasteiger partial charge in [-0.05, 0) is 63.2 Å². The highest BCUT2D eigenvalue weighted by Gasteiger charge is 2.19. The molecule has 29 heavy (non-hydrogen) atoms. The van der Waals surface area contributed by atoms with Gasteiger partial charge in [0.2, 0.25) is 0 Å². The fourth-order valence-electron chi connectivity index (χ4n) is 3.56. The van der Waals surface area contributed by atoms with Crippen LogP contribution in [0.1, 0.15) is 38.2 Å². The minimum Gasteiger partial charge on any atom is -0.497 e. The summed E-state index contributed by atoms with van der Waals surface area (Å²) in [6.45, 7) is 5.39. The molecule has 0 aliphatic carbocycles. The molecule has 1 amide bonds. The van der Waals surface area contributed by atoms with Crippen LogP contribution in [0.15, 0.2) is 47.8 Å². The minimum absolute atomic E-state index is 0.0368. The normalized spacial score (nSPS) is 12.2. The largest absolute Gasteiger partial charge is 0.497 e. The number of benzene rings is 1. The molecule has 0 spiro atoms. The molecular weight excluding hydrogens is 382 g/mol. The monoisotopic (exact) mass is 411 g/mol. The molecule has 0 fully saturated rings. The molecule has 0 bridgehead atoms. The number of likely N-dealkylation sites (N-methyl/N-ethyl adjacent to an activating group) is 1. The van der Waals surface area contributed by atoms with Gasteiger partial charge in [0.25, 0.3) is 5.91 Å². The third-order valence-electron chi connectivity index (χ3n) is 5.27. The number of nitrogens with zero attached hydrogens (tertiary/aromatic N) is 2. The number of nitrogens with one attached hydrogen (secondary N) is 1. The van der Waals surface area contributed by atoms with Gasteiger partial charge >= 0.3 is 0 Å². The number of hydrogen-bond donors (Lipinski definition) is 1. The molecule has 3 aromatic rings. The zero-order valence-electron chi connectivity index (χ0n) is 17.7. The van der Waals surface area contributed by atoms with Gasteiger partial charge in [-0.2, -0.15) is 0 Å². The lowest BCUT2D eigenvalue weighted by Gasteiger charge is -2.25. The maximum Gasteiger partial charge on any atom is 0.253 e. The quantitative estimate of drug-likeness (QED) is 0.603. The van der Waals surface area contributed by atoms with Crippen molar-refractivity contribution in [2.45, 2.75) is 26.4 Å². The summed E-state index contributed by atoms with van der Waals surface area (Å²) in [5, 5.41) is 5.20. The summed E-state index contributed by atoms with van der Waals surface area (Å²) in [7, 11) is 5.70. The van der Waals surface area contributed by atoms with Gasteiger partial charge < -0.3 is 19.5 Å². The Morgan fingerprint density at radius 2 is 2.00 bits per heavy atom. The Kier molecular flexibility index (Phi) is 6.77. The van der Waals surface area contributed by atoms with E-state index >= 15 is 0 Å². The van der Waals surface area contributed by atoms with Crippen LogP contribution < -0.4 is 10.1 Å². The molecule has 154 valence electrons. The zero-order valence-corrected chi connectivity index (χ0v) is 18.5. The number of carbonyl (C=O) groups is 1. The van der Waals surface area contributed by atoms with Crippen molar-refractivity contribution >= 4 is 17.2 Å². The molecule has 6 heteroatoms. The van der Waals surface area contributed by atoms with Crippen molar-refractivity contribution in [3.63, 3.8) is 0 Å². The van der Waals surface area contributed by atoms with E-state index in [0.29, 0.717) is 6.54 Å². The van der Waals surface area contributed by atoms with Gasteiger partial charge in [-0.1, -0.05) is 18.2 Å². The van der Waals surface area contributed by atoms with E-state index in [2.05, 4.69) is 45.3 Å². The van der Waals surface area contributed by atoms with Crippen LogP contribution in [0.5, 0.6) is 5.75 Å². The van der Waals surface area contributed by atoms with Crippen LogP contribution in [0.3, 0.4) is 0 Å². The Hall–Kier alpha value is -2.57. The fourth-order valence-corrected chi connectivity index (χ4v) is 4.26. The summed E-state index contributed by atoms with van der Waals surface area (Å²) in [6.07, 6.45) is 0. The molecule has 0 radical (unpaired) electrons.